The van der Waals surface area contributed by atoms with Crippen LogP contribution in [0.1, 0.15) is 26.2 Å². The number of aliphatic carboxylic acids is 1. The van der Waals surface area contributed by atoms with Gasteiger partial charge < -0.3 is 15.7 Å². The summed E-state index contributed by atoms with van der Waals surface area (Å²) in [7, 11) is 0. The number of carbonyl (C=O) groups is 2. The van der Waals surface area contributed by atoms with Crippen molar-refractivity contribution in [1.29, 1.82) is 0 Å². The van der Waals surface area contributed by atoms with Gasteiger partial charge in [-0.2, -0.15) is 0 Å². The van der Waals surface area contributed by atoms with Crippen LogP contribution in [0.25, 0.3) is 0 Å². The van der Waals surface area contributed by atoms with E-state index in [0.29, 0.717) is 12.5 Å². The molecule has 0 spiro atoms. The molecule has 1 saturated carbocycles. The second-order valence-electron chi connectivity index (χ2n) is 3.94. The summed E-state index contributed by atoms with van der Waals surface area (Å²) in [5, 5.41) is 13.6. The van der Waals surface area contributed by atoms with Crippen LogP contribution >= 0.6 is 0 Å². The molecular weight excluding hydrogens is 196 g/mol. The molecule has 0 saturated heterocycles. The molecule has 3 N–H and O–H groups in total. The topological polar surface area (TPSA) is 78.4 Å². The van der Waals surface area contributed by atoms with Crippen LogP contribution in [0.3, 0.4) is 0 Å². The largest absolute Gasteiger partial charge is 0.481 e. The minimum atomic E-state index is -0.900. The molecule has 0 unspecified atom stereocenters. The zero-order chi connectivity index (χ0) is 11.3. The fourth-order valence-corrected chi connectivity index (χ4v) is 1.63. The van der Waals surface area contributed by atoms with E-state index in [9.17, 15) is 9.59 Å². The minimum Gasteiger partial charge on any atom is -0.481 e. The maximum Gasteiger partial charge on any atom is 0.314 e. The molecule has 0 aromatic rings. The Bertz CT molecular complexity index is 243. The van der Waals surface area contributed by atoms with Crippen molar-refractivity contribution in [2.75, 3.05) is 13.1 Å². The van der Waals surface area contributed by atoms with Gasteiger partial charge in [-0.3, -0.25) is 4.79 Å². The van der Waals surface area contributed by atoms with Crippen LogP contribution in [0.15, 0.2) is 0 Å². The molecule has 0 aromatic carbocycles. The Balaban J connectivity index is 1.97. The number of rotatable bonds is 6. The van der Waals surface area contributed by atoms with Gasteiger partial charge in [0.1, 0.15) is 0 Å². The first kappa shape index (κ1) is 11.8. The van der Waals surface area contributed by atoms with Crippen molar-refractivity contribution < 1.29 is 14.7 Å². The Hall–Kier alpha value is -1.26. The van der Waals surface area contributed by atoms with E-state index in [1.165, 1.54) is 12.8 Å². The molecule has 15 heavy (non-hydrogen) atoms. The lowest BCUT2D eigenvalue weighted by molar-refractivity contribution is -0.136. The average Bonchev–Trinajstić information content (AvgIpc) is 2.92. The van der Waals surface area contributed by atoms with E-state index in [4.69, 9.17) is 5.11 Å². The summed E-state index contributed by atoms with van der Waals surface area (Å²) in [6.45, 7) is 3.04. The predicted octanol–water partition coefficient (Wildman–Crippen LogP) is 0.806. The summed E-state index contributed by atoms with van der Waals surface area (Å²) in [4.78, 5) is 21.3. The van der Waals surface area contributed by atoms with Crippen molar-refractivity contribution >= 4 is 12.0 Å². The fourth-order valence-electron chi connectivity index (χ4n) is 1.63. The molecule has 1 rings (SSSR count). The van der Waals surface area contributed by atoms with Crippen LogP contribution in [0.5, 0.6) is 0 Å². The van der Waals surface area contributed by atoms with Gasteiger partial charge >= 0.3 is 12.0 Å². The van der Waals surface area contributed by atoms with Gasteiger partial charge in [0.15, 0.2) is 0 Å². The molecule has 0 radical (unpaired) electrons. The molecule has 1 aliphatic rings. The minimum absolute atomic E-state index is 0.0333. The predicted molar refractivity (Wildman–Crippen MR) is 55.5 cm³/mol. The van der Waals surface area contributed by atoms with Crippen LogP contribution in [0.2, 0.25) is 0 Å². The van der Waals surface area contributed by atoms with Crippen molar-refractivity contribution in [3.63, 3.8) is 0 Å². The number of hydrogen-bond acceptors (Lipinski definition) is 2. The van der Waals surface area contributed by atoms with Crippen molar-refractivity contribution in [3.8, 4) is 0 Å². The molecule has 1 fully saturated rings. The van der Waals surface area contributed by atoms with E-state index in [0.717, 1.165) is 5.92 Å². The lowest BCUT2D eigenvalue weighted by Gasteiger charge is -2.05. The molecule has 5 nitrogen and oxygen atoms in total. The second kappa shape index (κ2) is 5.58. The van der Waals surface area contributed by atoms with E-state index < -0.39 is 5.97 Å². The second-order valence-corrected chi connectivity index (χ2v) is 3.94. The standard InChI is InChI=1S/C10H18N2O3/c1-2-7-5-8(7)6-12-10(15)11-4-3-9(13)14/h7-8H,2-6H2,1H3,(H,13,14)(H2,11,12,15)/t7-,8+/m1/s1. The summed E-state index contributed by atoms with van der Waals surface area (Å²) in [5.41, 5.74) is 0. The lowest BCUT2D eigenvalue weighted by Crippen LogP contribution is -2.37. The molecule has 0 heterocycles. The van der Waals surface area contributed by atoms with Gasteiger partial charge in [0, 0.05) is 13.1 Å². The summed E-state index contributed by atoms with van der Waals surface area (Å²) in [5.74, 6) is 0.494. The van der Waals surface area contributed by atoms with Gasteiger partial charge in [0.05, 0.1) is 6.42 Å². The summed E-state index contributed by atoms with van der Waals surface area (Å²) >= 11 is 0. The zero-order valence-corrected chi connectivity index (χ0v) is 8.95. The van der Waals surface area contributed by atoms with Crippen LogP contribution in [-0.2, 0) is 4.79 Å². The van der Waals surface area contributed by atoms with Crippen molar-refractivity contribution in [2.24, 2.45) is 11.8 Å². The summed E-state index contributed by atoms with van der Waals surface area (Å²) < 4.78 is 0. The van der Waals surface area contributed by atoms with Gasteiger partial charge in [-0.1, -0.05) is 13.3 Å². The Labute approximate surface area is 89.2 Å². The number of urea groups is 1. The fraction of sp³-hybridized carbons (Fsp3) is 0.800. The zero-order valence-electron chi connectivity index (χ0n) is 8.95. The van der Waals surface area contributed by atoms with E-state index >= 15 is 0 Å². The number of carboxylic acids is 1. The lowest BCUT2D eigenvalue weighted by atomic mass is 10.2. The quantitative estimate of drug-likeness (QED) is 0.612. The number of carbonyl (C=O) groups excluding carboxylic acids is 1. The molecule has 2 amide bonds. The Kier molecular flexibility index (Phi) is 4.39. The Morgan fingerprint density at radius 1 is 1.33 bits per heavy atom. The highest BCUT2D eigenvalue weighted by Gasteiger charge is 2.34. The number of carboxylic acid groups (broad SMARTS) is 1. The summed E-state index contributed by atoms with van der Waals surface area (Å²) in [6.07, 6.45) is 2.34. The van der Waals surface area contributed by atoms with Gasteiger partial charge in [-0.15, -0.1) is 0 Å². The normalized spacial score (nSPS) is 23.3. The van der Waals surface area contributed by atoms with Gasteiger partial charge in [-0.25, -0.2) is 4.79 Å². The highest BCUT2D eigenvalue weighted by molar-refractivity contribution is 5.74. The third-order valence-corrected chi connectivity index (χ3v) is 2.74. The van der Waals surface area contributed by atoms with Crippen LogP contribution in [0, 0.1) is 11.8 Å². The number of nitrogens with one attached hydrogen (secondary N) is 2. The van der Waals surface area contributed by atoms with Crippen LogP contribution in [-0.4, -0.2) is 30.2 Å². The van der Waals surface area contributed by atoms with Crippen molar-refractivity contribution in [1.82, 2.24) is 10.6 Å². The highest BCUT2D eigenvalue weighted by Crippen LogP contribution is 2.40. The number of hydrogen-bond donors (Lipinski definition) is 3. The van der Waals surface area contributed by atoms with E-state index in [2.05, 4.69) is 17.6 Å². The average molecular weight is 214 g/mol. The number of amides is 2. The first-order valence-corrected chi connectivity index (χ1v) is 5.37. The van der Waals surface area contributed by atoms with E-state index in [1.54, 1.807) is 0 Å². The maximum atomic E-state index is 11.1. The smallest absolute Gasteiger partial charge is 0.314 e. The third kappa shape index (κ3) is 4.67. The first-order chi connectivity index (χ1) is 7.13. The highest BCUT2D eigenvalue weighted by atomic mass is 16.4. The third-order valence-electron chi connectivity index (χ3n) is 2.74. The molecule has 0 aromatic heterocycles. The molecule has 0 aliphatic heterocycles. The van der Waals surface area contributed by atoms with Gasteiger partial charge in [-0.05, 0) is 18.3 Å². The first-order valence-electron chi connectivity index (χ1n) is 5.37. The van der Waals surface area contributed by atoms with E-state index in [-0.39, 0.29) is 19.0 Å². The van der Waals surface area contributed by atoms with Crippen LogP contribution in [0.4, 0.5) is 4.79 Å². The van der Waals surface area contributed by atoms with Crippen molar-refractivity contribution in [2.45, 2.75) is 26.2 Å². The molecular formula is C10H18N2O3. The summed E-state index contributed by atoms with van der Waals surface area (Å²) in [6, 6.07) is -0.266. The Morgan fingerprint density at radius 3 is 2.60 bits per heavy atom. The molecule has 2 atom stereocenters. The molecule has 86 valence electrons. The molecule has 0 bridgehead atoms. The SMILES string of the molecule is CC[C@@H]1C[C@H]1CNC(=O)NCCC(=O)O. The van der Waals surface area contributed by atoms with Gasteiger partial charge in [0.25, 0.3) is 0 Å². The van der Waals surface area contributed by atoms with Crippen LogP contribution < -0.4 is 10.6 Å². The maximum absolute atomic E-state index is 11.1. The monoisotopic (exact) mass is 214 g/mol. The van der Waals surface area contributed by atoms with Gasteiger partial charge in [0.2, 0.25) is 0 Å². The van der Waals surface area contributed by atoms with Crippen molar-refractivity contribution in [3.05, 3.63) is 0 Å². The Morgan fingerprint density at radius 2 is 2.07 bits per heavy atom. The molecule has 5 heteroatoms. The molecule has 1 aliphatic carbocycles. The van der Waals surface area contributed by atoms with E-state index in [1.807, 2.05) is 0 Å².